The smallest absolute Gasteiger partial charge is 0.251 e. The van der Waals surface area contributed by atoms with Crippen LogP contribution in [0.15, 0.2) is 24.3 Å². The fraction of sp³-hybridized carbons (Fsp3) is 0.696. The highest BCUT2D eigenvalue weighted by Gasteiger charge is 2.04. The number of rotatable bonds is 16. The number of amides is 1. The highest BCUT2D eigenvalue weighted by Crippen LogP contribution is 2.13. The summed E-state index contributed by atoms with van der Waals surface area (Å²) in [5.74, 6) is 0.820. The van der Waals surface area contributed by atoms with Gasteiger partial charge in [-0.05, 0) is 37.6 Å². The highest BCUT2D eigenvalue weighted by molar-refractivity contribution is 5.94. The van der Waals surface area contributed by atoms with Crippen LogP contribution in [0.5, 0.6) is 5.75 Å². The molecule has 1 aromatic carbocycles. The molecule has 0 atom stereocenters. The van der Waals surface area contributed by atoms with Gasteiger partial charge in [0.05, 0.1) is 6.61 Å². The van der Waals surface area contributed by atoms with E-state index in [4.69, 9.17) is 4.74 Å². The van der Waals surface area contributed by atoms with Gasteiger partial charge in [0.2, 0.25) is 0 Å². The van der Waals surface area contributed by atoms with E-state index < -0.39 is 0 Å². The summed E-state index contributed by atoms with van der Waals surface area (Å²) in [4.78, 5) is 12.1. The zero-order valence-electron chi connectivity index (χ0n) is 17.0. The lowest BCUT2D eigenvalue weighted by molar-refractivity contribution is 0.0953. The van der Waals surface area contributed by atoms with Gasteiger partial charge in [0.25, 0.3) is 5.91 Å². The number of unbranched alkanes of at least 4 members (excludes halogenated alkanes) is 11. The summed E-state index contributed by atoms with van der Waals surface area (Å²) in [7, 11) is 0. The van der Waals surface area contributed by atoms with Crippen LogP contribution in [0.3, 0.4) is 0 Å². The van der Waals surface area contributed by atoms with Gasteiger partial charge >= 0.3 is 0 Å². The number of ether oxygens (including phenoxy) is 1. The molecule has 1 N–H and O–H groups in total. The molecule has 3 heteroatoms. The van der Waals surface area contributed by atoms with E-state index in [1.165, 1.54) is 70.6 Å². The SMILES string of the molecule is CCCCCCCCCCCCCCNC(=O)c1ccc(OCC)cc1. The fourth-order valence-electron chi connectivity index (χ4n) is 3.14. The summed E-state index contributed by atoms with van der Waals surface area (Å²) >= 11 is 0. The third-order valence-electron chi connectivity index (χ3n) is 4.74. The van der Waals surface area contributed by atoms with Crippen molar-refractivity contribution < 1.29 is 9.53 Å². The average Bonchev–Trinajstić information content (AvgIpc) is 2.66. The summed E-state index contributed by atoms with van der Waals surface area (Å²) in [6.45, 7) is 5.63. The molecule has 0 bridgehead atoms. The molecule has 3 nitrogen and oxygen atoms in total. The Kier molecular flexibility index (Phi) is 13.6. The first kappa shape index (κ1) is 22.5. The first-order valence-corrected chi connectivity index (χ1v) is 10.8. The van der Waals surface area contributed by atoms with Gasteiger partial charge in [-0.2, -0.15) is 0 Å². The van der Waals surface area contributed by atoms with Crippen molar-refractivity contribution in [2.24, 2.45) is 0 Å². The van der Waals surface area contributed by atoms with E-state index in [0.29, 0.717) is 12.2 Å². The first-order valence-electron chi connectivity index (χ1n) is 10.8. The third-order valence-corrected chi connectivity index (χ3v) is 4.74. The van der Waals surface area contributed by atoms with Crippen molar-refractivity contribution >= 4 is 5.91 Å². The Balaban J connectivity index is 1.93. The molecule has 0 unspecified atom stereocenters. The van der Waals surface area contributed by atoms with E-state index in [9.17, 15) is 4.79 Å². The molecular formula is C23H39NO2. The van der Waals surface area contributed by atoms with Crippen LogP contribution in [-0.2, 0) is 0 Å². The predicted molar refractivity (Wildman–Crippen MR) is 111 cm³/mol. The maximum absolute atomic E-state index is 12.1. The molecule has 26 heavy (non-hydrogen) atoms. The van der Waals surface area contributed by atoms with Crippen LogP contribution < -0.4 is 10.1 Å². The second-order valence-electron chi connectivity index (χ2n) is 7.10. The fourth-order valence-corrected chi connectivity index (χ4v) is 3.14. The zero-order valence-corrected chi connectivity index (χ0v) is 17.0. The van der Waals surface area contributed by atoms with E-state index in [1.54, 1.807) is 0 Å². The Labute approximate surface area is 160 Å². The van der Waals surface area contributed by atoms with Crippen molar-refractivity contribution in [3.8, 4) is 5.75 Å². The minimum absolute atomic E-state index is 0.0103. The van der Waals surface area contributed by atoms with Gasteiger partial charge in [-0.25, -0.2) is 0 Å². The minimum Gasteiger partial charge on any atom is -0.494 e. The molecule has 0 aliphatic rings. The van der Waals surface area contributed by atoms with Gasteiger partial charge in [0.15, 0.2) is 0 Å². The van der Waals surface area contributed by atoms with Gasteiger partial charge in [-0.3, -0.25) is 4.79 Å². The molecule has 0 aliphatic carbocycles. The molecule has 0 aromatic heterocycles. The van der Waals surface area contributed by atoms with Crippen molar-refractivity contribution in [1.29, 1.82) is 0 Å². The quantitative estimate of drug-likeness (QED) is 0.341. The summed E-state index contributed by atoms with van der Waals surface area (Å²) in [6, 6.07) is 7.34. The van der Waals surface area contributed by atoms with Crippen LogP contribution in [0.25, 0.3) is 0 Å². The molecule has 0 saturated heterocycles. The van der Waals surface area contributed by atoms with E-state index in [2.05, 4.69) is 12.2 Å². The van der Waals surface area contributed by atoms with E-state index >= 15 is 0 Å². The number of hydrogen-bond donors (Lipinski definition) is 1. The normalized spacial score (nSPS) is 10.7. The van der Waals surface area contributed by atoms with Gasteiger partial charge in [-0.15, -0.1) is 0 Å². The summed E-state index contributed by atoms with van der Waals surface area (Å²) in [5, 5.41) is 3.01. The van der Waals surface area contributed by atoms with Crippen molar-refractivity contribution in [2.45, 2.75) is 90.9 Å². The molecule has 1 amide bonds. The average molecular weight is 362 g/mol. The number of carbonyl (C=O) groups is 1. The number of hydrogen-bond acceptors (Lipinski definition) is 2. The summed E-state index contributed by atoms with van der Waals surface area (Å²) in [6.07, 6.45) is 16.0. The van der Waals surface area contributed by atoms with Crippen LogP contribution in [0.4, 0.5) is 0 Å². The molecule has 1 rings (SSSR count). The number of benzene rings is 1. The molecule has 0 saturated carbocycles. The molecular weight excluding hydrogens is 322 g/mol. The monoisotopic (exact) mass is 361 g/mol. The van der Waals surface area contributed by atoms with Crippen LogP contribution in [0, 0.1) is 0 Å². The van der Waals surface area contributed by atoms with Crippen LogP contribution in [-0.4, -0.2) is 19.1 Å². The molecule has 0 radical (unpaired) electrons. The highest BCUT2D eigenvalue weighted by atomic mass is 16.5. The lowest BCUT2D eigenvalue weighted by atomic mass is 10.1. The first-order chi connectivity index (χ1) is 12.8. The maximum Gasteiger partial charge on any atom is 0.251 e. The van der Waals surface area contributed by atoms with E-state index in [0.717, 1.165) is 18.7 Å². The zero-order chi connectivity index (χ0) is 18.9. The minimum atomic E-state index is 0.0103. The third kappa shape index (κ3) is 11.2. The lowest BCUT2D eigenvalue weighted by Gasteiger charge is -2.07. The topological polar surface area (TPSA) is 38.3 Å². The number of nitrogens with one attached hydrogen (secondary N) is 1. The Morgan fingerprint density at radius 1 is 0.769 bits per heavy atom. The Morgan fingerprint density at radius 3 is 1.77 bits per heavy atom. The molecule has 0 aliphatic heterocycles. The molecule has 1 aromatic rings. The van der Waals surface area contributed by atoms with Crippen LogP contribution >= 0.6 is 0 Å². The van der Waals surface area contributed by atoms with E-state index in [-0.39, 0.29) is 5.91 Å². The van der Waals surface area contributed by atoms with Gasteiger partial charge in [0, 0.05) is 12.1 Å². The largest absolute Gasteiger partial charge is 0.494 e. The van der Waals surface area contributed by atoms with Crippen molar-refractivity contribution in [1.82, 2.24) is 5.32 Å². The maximum atomic E-state index is 12.1. The molecule has 0 fully saturated rings. The van der Waals surface area contributed by atoms with Gasteiger partial charge in [0.1, 0.15) is 5.75 Å². The van der Waals surface area contributed by atoms with Crippen molar-refractivity contribution in [2.75, 3.05) is 13.2 Å². The lowest BCUT2D eigenvalue weighted by Crippen LogP contribution is -2.24. The van der Waals surface area contributed by atoms with Gasteiger partial charge in [-0.1, -0.05) is 77.6 Å². The van der Waals surface area contributed by atoms with E-state index in [1.807, 2.05) is 31.2 Å². The summed E-state index contributed by atoms with van der Waals surface area (Å²) in [5.41, 5.74) is 0.701. The Hall–Kier alpha value is -1.51. The van der Waals surface area contributed by atoms with Crippen molar-refractivity contribution in [3.63, 3.8) is 0 Å². The van der Waals surface area contributed by atoms with Crippen LogP contribution in [0.2, 0.25) is 0 Å². The molecule has 0 spiro atoms. The standard InChI is InChI=1S/C23H39NO2/c1-3-5-6-7-8-9-10-11-12-13-14-15-20-24-23(25)21-16-18-22(19-17-21)26-4-2/h16-19H,3-15,20H2,1-2H3,(H,24,25). The second-order valence-corrected chi connectivity index (χ2v) is 7.10. The number of carbonyl (C=O) groups excluding carboxylic acids is 1. The summed E-state index contributed by atoms with van der Waals surface area (Å²) < 4.78 is 5.39. The molecule has 148 valence electrons. The Bertz CT molecular complexity index is 456. The Morgan fingerprint density at radius 2 is 1.27 bits per heavy atom. The van der Waals surface area contributed by atoms with Gasteiger partial charge < -0.3 is 10.1 Å². The predicted octanol–water partition coefficient (Wildman–Crippen LogP) is 6.52. The van der Waals surface area contributed by atoms with Crippen LogP contribution in [0.1, 0.15) is 101 Å². The van der Waals surface area contributed by atoms with Crippen molar-refractivity contribution in [3.05, 3.63) is 29.8 Å². The molecule has 0 heterocycles. The second kappa shape index (κ2) is 15.7.